The van der Waals surface area contributed by atoms with E-state index in [-0.39, 0.29) is 17.9 Å². The second kappa shape index (κ2) is 5.15. The van der Waals surface area contributed by atoms with Crippen molar-refractivity contribution >= 4 is 5.97 Å². The summed E-state index contributed by atoms with van der Waals surface area (Å²) in [6.45, 7) is 0.145. The molecule has 2 heterocycles. The topological polar surface area (TPSA) is 55.1 Å². The lowest BCUT2D eigenvalue weighted by molar-refractivity contribution is -0.143. The van der Waals surface area contributed by atoms with Gasteiger partial charge in [0.15, 0.2) is 0 Å². The Morgan fingerprint density at radius 1 is 1.32 bits per heavy atom. The van der Waals surface area contributed by atoms with Gasteiger partial charge >= 0.3 is 12.1 Å². The number of aliphatic carboxylic acids is 1. The van der Waals surface area contributed by atoms with E-state index in [0.717, 1.165) is 11.8 Å². The number of carboxylic acids is 1. The van der Waals surface area contributed by atoms with Crippen LogP contribution in [0, 0.1) is 5.92 Å². The Labute approximate surface area is 124 Å². The van der Waals surface area contributed by atoms with Gasteiger partial charge in [-0.2, -0.15) is 13.2 Å². The summed E-state index contributed by atoms with van der Waals surface area (Å²) in [6.07, 6.45) is -1.98. The van der Waals surface area contributed by atoms with E-state index in [1.165, 1.54) is 24.4 Å². The van der Waals surface area contributed by atoms with Gasteiger partial charge in [-0.15, -0.1) is 0 Å². The average molecular weight is 310 g/mol. The molecule has 1 aromatic carbocycles. The van der Waals surface area contributed by atoms with Crippen molar-refractivity contribution < 1.29 is 23.1 Å². The number of fused-ring (bicyclic) bond motifs is 1. The van der Waals surface area contributed by atoms with Gasteiger partial charge in [0.1, 0.15) is 5.82 Å². The van der Waals surface area contributed by atoms with Crippen LogP contribution in [0.3, 0.4) is 0 Å². The van der Waals surface area contributed by atoms with Crippen molar-refractivity contribution in [2.24, 2.45) is 5.92 Å². The molecule has 0 radical (unpaired) electrons. The van der Waals surface area contributed by atoms with Crippen molar-refractivity contribution in [3.8, 4) is 11.4 Å². The first kappa shape index (κ1) is 14.6. The minimum atomic E-state index is -4.48. The molecule has 1 N–H and O–H groups in total. The molecular formula is C15H13F3N2O2. The number of rotatable bonds is 2. The first-order chi connectivity index (χ1) is 10.4. The van der Waals surface area contributed by atoms with Crippen LogP contribution in [0.2, 0.25) is 0 Å². The van der Waals surface area contributed by atoms with Gasteiger partial charge in [-0.05, 0) is 18.9 Å². The molecule has 0 saturated heterocycles. The molecule has 0 spiro atoms. The van der Waals surface area contributed by atoms with Gasteiger partial charge in [0.2, 0.25) is 0 Å². The van der Waals surface area contributed by atoms with Crippen LogP contribution in [0.4, 0.5) is 13.2 Å². The van der Waals surface area contributed by atoms with E-state index >= 15 is 0 Å². The molecule has 22 heavy (non-hydrogen) atoms. The maximum Gasteiger partial charge on any atom is 0.417 e. The molecule has 0 saturated carbocycles. The van der Waals surface area contributed by atoms with Crippen LogP contribution < -0.4 is 0 Å². The maximum absolute atomic E-state index is 13.1. The van der Waals surface area contributed by atoms with Gasteiger partial charge in [-0.1, -0.05) is 18.2 Å². The van der Waals surface area contributed by atoms with Crippen LogP contribution in [0.1, 0.15) is 17.7 Å². The van der Waals surface area contributed by atoms with Crippen molar-refractivity contribution in [2.75, 3.05) is 0 Å². The fourth-order valence-electron chi connectivity index (χ4n) is 2.79. The lowest BCUT2D eigenvalue weighted by atomic mass is 9.98. The number of carbonyl (C=O) groups is 1. The summed E-state index contributed by atoms with van der Waals surface area (Å²) in [7, 11) is 0. The summed E-state index contributed by atoms with van der Waals surface area (Å²) in [5, 5.41) is 9.13. The van der Waals surface area contributed by atoms with E-state index < -0.39 is 23.6 Å². The summed E-state index contributed by atoms with van der Waals surface area (Å²) in [4.78, 5) is 15.3. The number of benzene rings is 1. The second-order valence-corrected chi connectivity index (χ2v) is 5.30. The first-order valence-electron chi connectivity index (χ1n) is 6.81. The SMILES string of the molecule is O=C(O)C1CCc2cnc(-c3ccccc3C(F)(F)F)n2C1. The van der Waals surface area contributed by atoms with E-state index in [1.807, 2.05) is 0 Å². The Hall–Kier alpha value is -2.31. The molecule has 1 aromatic heterocycles. The monoisotopic (exact) mass is 310 g/mol. The highest BCUT2D eigenvalue weighted by atomic mass is 19.4. The Kier molecular flexibility index (Phi) is 3.42. The van der Waals surface area contributed by atoms with Gasteiger partial charge in [0.05, 0.1) is 11.5 Å². The number of alkyl halides is 3. The number of halogens is 3. The predicted octanol–water partition coefficient (Wildman–Crippen LogP) is 3.22. The van der Waals surface area contributed by atoms with Crippen LogP contribution in [-0.4, -0.2) is 20.6 Å². The van der Waals surface area contributed by atoms with E-state index in [4.69, 9.17) is 5.11 Å². The van der Waals surface area contributed by atoms with Crippen LogP contribution in [0.25, 0.3) is 11.4 Å². The largest absolute Gasteiger partial charge is 0.481 e. The van der Waals surface area contributed by atoms with E-state index in [0.29, 0.717) is 12.8 Å². The number of imidazole rings is 1. The molecule has 4 nitrogen and oxygen atoms in total. The molecule has 7 heteroatoms. The molecule has 0 fully saturated rings. The molecule has 0 amide bonds. The third-order valence-corrected chi connectivity index (χ3v) is 3.91. The lowest BCUT2D eigenvalue weighted by Gasteiger charge is -2.23. The second-order valence-electron chi connectivity index (χ2n) is 5.30. The maximum atomic E-state index is 13.1. The summed E-state index contributed by atoms with van der Waals surface area (Å²) in [5.41, 5.74) is -0.0161. The molecule has 2 aromatic rings. The summed E-state index contributed by atoms with van der Waals surface area (Å²) in [6, 6.07) is 5.22. The fraction of sp³-hybridized carbons (Fsp3) is 0.333. The van der Waals surface area contributed by atoms with Gasteiger partial charge in [-0.25, -0.2) is 4.98 Å². The molecule has 3 rings (SSSR count). The number of aryl methyl sites for hydroxylation is 1. The summed E-state index contributed by atoms with van der Waals surface area (Å²) < 4.78 is 41.0. The quantitative estimate of drug-likeness (QED) is 0.926. The Morgan fingerprint density at radius 3 is 2.73 bits per heavy atom. The van der Waals surface area contributed by atoms with Crippen LogP contribution in [0.5, 0.6) is 0 Å². The molecule has 1 atom stereocenters. The number of hydrogen-bond acceptors (Lipinski definition) is 2. The van der Waals surface area contributed by atoms with Crippen LogP contribution in [-0.2, 0) is 23.9 Å². The highest BCUT2D eigenvalue weighted by Gasteiger charge is 2.35. The summed E-state index contributed by atoms with van der Waals surface area (Å²) in [5.74, 6) is -1.36. The first-order valence-corrected chi connectivity index (χ1v) is 6.81. The fourth-order valence-corrected chi connectivity index (χ4v) is 2.79. The van der Waals surface area contributed by atoms with E-state index in [9.17, 15) is 18.0 Å². The Balaban J connectivity index is 2.09. The lowest BCUT2D eigenvalue weighted by Crippen LogP contribution is -2.26. The van der Waals surface area contributed by atoms with E-state index in [1.54, 1.807) is 4.57 Å². The highest BCUT2D eigenvalue weighted by molar-refractivity contribution is 5.70. The van der Waals surface area contributed by atoms with Crippen molar-refractivity contribution in [2.45, 2.75) is 25.6 Å². The molecule has 1 aliphatic rings. The number of nitrogens with zero attached hydrogens (tertiary/aromatic N) is 2. The highest BCUT2D eigenvalue weighted by Crippen LogP contribution is 2.37. The van der Waals surface area contributed by atoms with Gasteiger partial charge in [-0.3, -0.25) is 4.79 Å². The standard InChI is InChI=1S/C15H13F3N2O2/c16-15(17,18)12-4-2-1-3-11(12)13-19-7-10-6-5-9(14(21)22)8-20(10)13/h1-4,7,9H,5-6,8H2,(H,21,22). The third-order valence-electron chi connectivity index (χ3n) is 3.91. The van der Waals surface area contributed by atoms with Crippen molar-refractivity contribution in [1.82, 2.24) is 9.55 Å². The molecule has 116 valence electrons. The minimum absolute atomic E-state index is 0.0210. The van der Waals surface area contributed by atoms with Crippen molar-refractivity contribution in [3.05, 3.63) is 41.7 Å². The smallest absolute Gasteiger partial charge is 0.417 e. The number of aromatic nitrogens is 2. The minimum Gasteiger partial charge on any atom is -0.481 e. The Bertz CT molecular complexity index is 722. The van der Waals surface area contributed by atoms with Crippen molar-refractivity contribution in [1.29, 1.82) is 0 Å². The van der Waals surface area contributed by atoms with Gasteiger partial charge < -0.3 is 9.67 Å². The number of carboxylic acid groups (broad SMARTS) is 1. The zero-order chi connectivity index (χ0) is 15.9. The van der Waals surface area contributed by atoms with E-state index in [2.05, 4.69) is 4.98 Å². The van der Waals surface area contributed by atoms with Gasteiger partial charge in [0.25, 0.3) is 0 Å². The zero-order valence-corrected chi connectivity index (χ0v) is 11.5. The third kappa shape index (κ3) is 2.47. The molecule has 1 aliphatic heterocycles. The zero-order valence-electron chi connectivity index (χ0n) is 11.5. The normalized spacial score (nSPS) is 18.0. The predicted molar refractivity (Wildman–Crippen MR) is 72.1 cm³/mol. The number of hydrogen-bond donors (Lipinski definition) is 1. The van der Waals surface area contributed by atoms with Gasteiger partial charge in [0, 0.05) is 24.0 Å². The summed E-state index contributed by atoms with van der Waals surface area (Å²) >= 11 is 0. The molecule has 0 bridgehead atoms. The Morgan fingerprint density at radius 2 is 2.05 bits per heavy atom. The molecule has 1 unspecified atom stereocenters. The van der Waals surface area contributed by atoms with Crippen molar-refractivity contribution in [3.63, 3.8) is 0 Å². The molecule has 0 aliphatic carbocycles. The van der Waals surface area contributed by atoms with Crippen LogP contribution in [0.15, 0.2) is 30.5 Å². The molecular weight excluding hydrogens is 297 g/mol. The average Bonchev–Trinajstić information content (AvgIpc) is 2.89. The van der Waals surface area contributed by atoms with Crippen LogP contribution >= 0.6 is 0 Å².